The lowest BCUT2D eigenvalue weighted by Crippen LogP contribution is -2.47. The summed E-state index contributed by atoms with van der Waals surface area (Å²) in [6, 6.07) is 4.43. The highest BCUT2D eigenvalue weighted by molar-refractivity contribution is 14.0. The Hall–Kier alpha value is -0.380. The molecule has 0 aromatic carbocycles. The van der Waals surface area contributed by atoms with E-state index in [4.69, 9.17) is 0 Å². The first-order chi connectivity index (χ1) is 11.6. The van der Waals surface area contributed by atoms with Crippen molar-refractivity contribution < 1.29 is 0 Å². The molecule has 1 atom stereocenters. The number of aliphatic imine (C=N–C) groups is 1. The quantitative estimate of drug-likeness (QED) is 0.358. The Bertz CT molecular complexity index is 511. The van der Waals surface area contributed by atoms with Gasteiger partial charge in [-0.3, -0.25) is 4.99 Å². The van der Waals surface area contributed by atoms with Gasteiger partial charge in [0, 0.05) is 56.1 Å². The van der Waals surface area contributed by atoms with Crippen molar-refractivity contribution in [3.63, 3.8) is 0 Å². The van der Waals surface area contributed by atoms with Crippen LogP contribution in [0, 0.1) is 5.92 Å². The fourth-order valence-electron chi connectivity index (χ4n) is 2.91. The number of piperazine rings is 1. The molecule has 0 amide bonds. The van der Waals surface area contributed by atoms with Crippen molar-refractivity contribution in [1.82, 2.24) is 20.4 Å². The summed E-state index contributed by atoms with van der Waals surface area (Å²) in [5.41, 5.74) is 0. The standard InChI is InChI=1S/C18H33N5S.HI/c1-5-16-6-7-17(24-16)13-21-18(19-3)20-12-15(2)14-23-10-8-22(4)9-11-23;/h6-7,15H,5,8-14H2,1-4H3,(H2,19,20,21);1H. The van der Waals surface area contributed by atoms with E-state index in [0.29, 0.717) is 5.92 Å². The van der Waals surface area contributed by atoms with E-state index >= 15 is 0 Å². The number of thiophene rings is 1. The van der Waals surface area contributed by atoms with Gasteiger partial charge < -0.3 is 20.4 Å². The highest BCUT2D eigenvalue weighted by atomic mass is 127. The van der Waals surface area contributed by atoms with Gasteiger partial charge >= 0.3 is 0 Å². The van der Waals surface area contributed by atoms with Gasteiger partial charge in [0.05, 0.1) is 6.54 Å². The Balaban J connectivity index is 0.00000312. The van der Waals surface area contributed by atoms with Crippen LogP contribution in [0.2, 0.25) is 0 Å². The molecule has 1 fully saturated rings. The lowest BCUT2D eigenvalue weighted by atomic mass is 10.1. The third-order valence-corrected chi connectivity index (χ3v) is 5.73. The summed E-state index contributed by atoms with van der Waals surface area (Å²) in [5.74, 6) is 1.51. The Labute approximate surface area is 174 Å². The van der Waals surface area contributed by atoms with Crippen LogP contribution in [0.5, 0.6) is 0 Å². The topological polar surface area (TPSA) is 42.9 Å². The van der Waals surface area contributed by atoms with Crippen molar-refractivity contribution in [3.05, 3.63) is 21.9 Å². The number of hydrogen-bond donors (Lipinski definition) is 2. The zero-order chi connectivity index (χ0) is 17.4. The third-order valence-electron chi connectivity index (χ3n) is 4.50. The van der Waals surface area contributed by atoms with Crippen LogP contribution in [0.25, 0.3) is 0 Å². The molecule has 1 aromatic heterocycles. The van der Waals surface area contributed by atoms with Crippen molar-refractivity contribution in [2.75, 3.05) is 53.4 Å². The second-order valence-corrected chi connectivity index (χ2v) is 7.99. The maximum absolute atomic E-state index is 4.34. The number of nitrogens with zero attached hydrogens (tertiary/aromatic N) is 3. The molecular weight excluding hydrogens is 445 g/mol. The highest BCUT2D eigenvalue weighted by Gasteiger charge is 2.16. The molecule has 2 rings (SSSR count). The number of aryl methyl sites for hydroxylation is 1. The summed E-state index contributed by atoms with van der Waals surface area (Å²) in [5, 5.41) is 6.88. The van der Waals surface area contributed by atoms with Crippen LogP contribution < -0.4 is 10.6 Å². The summed E-state index contributed by atoms with van der Waals surface area (Å²) in [6.07, 6.45) is 1.11. The van der Waals surface area contributed by atoms with E-state index in [1.807, 2.05) is 18.4 Å². The van der Waals surface area contributed by atoms with Gasteiger partial charge in [-0.05, 0) is 31.5 Å². The van der Waals surface area contributed by atoms with E-state index in [1.165, 1.54) is 35.9 Å². The predicted molar refractivity (Wildman–Crippen MR) is 120 cm³/mol. The fourth-order valence-corrected chi connectivity index (χ4v) is 3.80. The van der Waals surface area contributed by atoms with Gasteiger partial charge in [0.2, 0.25) is 0 Å². The number of halogens is 1. The van der Waals surface area contributed by atoms with Crippen LogP contribution in [0.3, 0.4) is 0 Å². The summed E-state index contributed by atoms with van der Waals surface area (Å²) in [7, 11) is 4.04. The maximum atomic E-state index is 4.34. The Morgan fingerprint density at radius 1 is 1.20 bits per heavy atom. The average molecular weight is 479 g/mol. The van der Waals surface area contributed by atoms with E-state index in [2.05, 4.69) is 58.5 Å². The summed E-state index contributed by atoms with van der Waals surface area (Å²) in [6.45, 7) is 12.2. The molecule has 0 aliphatic carbocycles. The van der Waals surface area contributed by atoms with E-state index in [1.54, 1.807) is 0 Å². The number of rotatable bonds is 7. The molecule has 1 aromatic rings. The predicted octanol–water partition coefficient (Wildman–Crippen LogP) is 2.48. The fraction of sp³-hybridized carbons (Fsp3) is 0.722. The minimum Gasteiger partial charge on any atom is -0.356 e. The van der Waals surface area contributed by atoms with Gasteiger partial charge in [-0.1, -0.05) is 13.8 Å². The molecule has 5 nitrogen and oxygen atoms in total. The van der Waals surface area contributed by atoms with Gasteiger partial charge in [-0.25, -0.2) is 0 Å². The van der Waals surface area contributed by atoms with Crippen molar-refractivity contribution in [2.24, 2.45) is 10.9 Å². The number of likely N-dealkylation sites (N-methyl/N-ethyl adjacent to an activating group) is 1. The highest BCUT2D eigenvalue weighted by Crippen LogP contribution is 2.16. The molecule has 0 saturated carbocycles. The van der Waals surface area contributed by atoms with Gasteiger partial charge in [-0.2, -0.15) is 0 Å². The second kappa shape index (κ2) is 12.1. The molecule has 144 valence electrons. The zero-order valence-corrected chi connectivity index (χ0v) is 19.2. The molecular formula is C18H34IN5S. The van der Waals surface area contributed by atoms with Gasteiger partial charge in [-0.15, -0.1) is 35.3 Å². The average Bonchev–Trinajstić information content (AvgIpc) is 3.05. The molecule has 25 heavy (non-hydrogen) atoms. The second-order valence-electron chi connectivity index (χ2n) is 6.74. The van der Waals surface area contributed by atoms with Crippen LogP contribution in [0.4, 0.5) is 0 Å². The van der Waals surface area contributed by atoms with Crippen LogP contribution in [0.1, 0.15) is 23.6 Å². The molecule has 0 radical (unpaired) electrons. The van der Waals surface area contributed by atoms with Crippen LogP contribution in [-0.2, 0) is 13.0 Å². The minimum atomic E-state index is 0. The summed E-state index contributed by atoms with van der Waals surface area (Å²) < 4.78 is 0. The molecule has 0 spiro atoms. The minimum absolute atomic E-state index is 0. The monoisotopic (exact) mass is 479 g/mol. The smallest absolute Gasteiger partial charge is 0.191 e. The molecule has 7 heteroatoms. The van der Waals surface area contributed by atoms with Crippen LogP contribution in [0.15, 0.2) is 17.1 Å². The molecule has 0 bridgehead atoms. The van der Waals surface area contributed by atoms with Crippen molar-refractivity contribution in [3.8, 4) is 0 Å². The SMILES string of the molecule is CCc1ccc(CNC(=NC)NCC(C)CN2CCN(C)CC2)s1.I. The number of nitrogens with one attached hydrogen (secondary N) is 2. The van der Waals surface area contributed by atoms with Crippen molar-refractivity contribution in [1.29, 1.82) is 0 Å². The maximum Gasteiger partial charge on any atom is 0.191 e. The van der Waals surface area contributed by atoms with Crippen molar-refractivity contribution in [2.45, 2.75) is 26.8 Å². The lowest BCUT2D eigenvalue weighted by molar-refractivity contribution is 0.139. The molecule has 1 unspecified atom stereocenters. The lowest BCUT2D eigenvalue weighted by Gasteiger charge is -2.34. The third kappa shape index (κ3) is 8.23. The first kappa shape index (κ1) is 22.7. The van der Waals surface area contributed by atoms with E-state index in [9.17, 15) is 0 Å². The Kier molecular flexibility index (Phi) is 11.0. The first-order valence-corrected chi connectivity index (χ1v) is 9.85. The molecule has 1 aliphatic heterocycles. The van der Waals surface area contributed by atoms with E-state index < -0.39 is 0 Å². The van der Waals surface area contributed by atoms with Crippen molar-refractivity contribution >= 4 is 41.3 Å². The summed E-state index contributed by atoms with van der Waals surface area (Å²) in [4.78, 5) is 12.1. The Morgan fingerprint density at radius 3 is 2.48 bits per heavy atom. The summed E-state index contributed by atoms with van der Waals surface area (Å²) >= 11 is 1.88. The van der Waals surface area contributed by atoms with Gasteiger partial charge in [0.1, 0.15) is 0 Å². The number of hydrogen-bond acceptors (Lipinski definition) is 4. The normalized spacial score (nSPS) is 17.8. The molecule has 2 N–H and O–H groups in total. The first-order valence-electron chi connectivity index (χ1n) is 9.03. The largest absolute Gasteiger partial charge is 0.356 e. The Morgan fingerprint density at radius 2 is 1.88 bits per heavy atom. The van der Waals surface area contributed by atoms with Crippen LogP contribution >= 0.6 is 35.3 Å². The molecule has 1 saturated heterocycles. The number of guanidine groups is 1. The molecule has 1 aliphatic rings. The van der Waals surface area contributed by atoms with E-state index in [0.717, 1.165) is 32.0 Å². The van der Waals surface area contributed by atoms with Gasteiger partial charge in [0.15, 0.2) is 5.96 Å². The van der Waals surface area contributed by atoms with Crippen LogP contribution in [-0.4, -0.2) is 69.1 Å². The zero-order valence-electron chi connectivity index (χ0n) is 16.0. The van der Waals surface area contributed by atoms with Gasteiger partial charge in [0.25, 0.3) is 0 Å². The van der Waals surface area contributed by atoms with E-state index in [-0.39, 0.29) is 24.0 Å². The molecule has 2 heterocycles.